The van der Waals surface area contributed by atoms with Crippen LogP contribution >= 0.6 is 0 Å². The highest BCUT2D eigenvalue weighted by molar-refractivity contribution is 5.32. The summed E-state index contributed by atoms with van der Waals surface area (Å²) in [7, 11) is 1.63. The van der Waals surface area contributed by atoms with Crippen LogP contribution in [-0.2, 0) is 11.3 Å². The molecule has 1 aromatic heterocycles. The van der Waals surface area contributed by atoms with E-state index in [1.165, 1.54) is 0 Å². The number of pyridine rings is 1. The third-order valence-corrected chi connectivity index (χ3v) is 2.50. The van der Waals surface area contributed by atoms with Crippen molar-refractivity contribution in [1.82, 2.24) is 4.98 Å². The smallest absolute Gasteiger partial charge is 0.257 e. The van der Waals surface area contributed by atoms with E-state index in [1.807, 2.05) is 42.5 Å². The van der Waals surface area contributed by atoms with Crippen molar-refractivity contribution in [3.63, 3.8) is 0 Å². The highest BCUT2D eigenvalue weighted by Gasteiger charge is 2.06. The zero-order valence-corrected chi connectivity index (χ0v) is 10.9. The topological polar surface area (TPSA) is 40.6 Å². The Kier molecular flexibility index (Phi) is 5.19. The van der Waals surface area contributed by atoms with E-state index in [2.05, 4.69) is 4.98 Å². The van der Waals surface area contributed by atoms with E-state index in [0.29, 0.717) is 31.5 Å². The molecule has 0 bridgehead atoms. The van der Waals surface area contributed by atoms with Gasteiger partial charge in [-0.3, -0.25) is 0 Å². The molecule has 0 aliphatic carbocycles. The summed E-state index contributed by atoms with van der Waals surface area (Å²) in [6, 6.07) is 13.6. The third-order valence-electron chi connectivity index (χ3n) is 2.50. The Labute approximate surface area is 113 Å². The normalized spacial score (nSPS) is 10.2. The second-order valence-electron chi connectivity index (χ2n) is 3.92. The lowest BCUT2D eigenvalue weighted by Gasteiger charge is -2.11. The minimum Gasteiger partial charge on any atom is -0.483 e. The average Bonchev–Trinajstić information content (AvgIpc) is 2.48. The first kappa shape index (κ1) is 13.4. The van der Waals surface area contributed by atoms with Gasteiger partial charge in [0.25, 0.3) is 5.88 Å². The number of ether oxygens (including phenoxy) is 3. The van der Waals surface area contributed by atoms with Gasteiger partial charge in [-0.1, -0.05) is 30.3 Å². The molecule has 0 radical (unpaired) electrons. The molecule has 2 aromatic rings. The molecule has 4 heteroatoms. The van der Waals surface area contributed by atoms with E-state index in [0.717, 1.165) is 5.56 Å². The first-order valence-electron chi connectivity index (χ1n) is 6.13. The molecule has 0 N–H and O–H groups in total. The largest absolute Gasteiger partial charge is 0.483 e. The fraction of sp³-hybridized carbons (Fsp3) is 0.267. The highest BCUT2D eigenvalue weighted by Crippen LogP contribution is 2.24. The van der Waals surface area contributed by atoms with Crippen molar-refractivity contribution in [2.45, 2.75) is 6.61 Å². The minimum atomic E-state index is 0.454. The number of nitrogens with zero attached hydrogens (tertiary/aromatic N) is 1. The maximum Gasteiger partial charge on any atom is 0.257 e. The van der Waals surface area contributed by atoms with E-state index in [9.17, 15) is 0 Å². The molecular weight excluding hydrogens is 242 g/mol. The van der Waals surface area contributed by atoms with E-state index >= 15 is 0 Å². The van der Waals surface area contributed by atoms with Crippen molar-refractivity contribution in [2.24, 2.45) is 0 Å². The molecule has 0 saturated heterocycles. The molecule has 4 nitrogen and oxygen atoms in total. The summed E-state index contributed by atoms with van der Waals surface area (Å²) in [6.07, 6.45) is 1.68. The first-order valence-corrected chi connectivity index (χ1v) is 6.13. The summed E-state index contributed by atoms with van der Waals surface area (Å²) in [5.74, 6) is 1.14. The summed E-state index contributed by atoms with van der Waals surface area (Å²) in [5, 5.41) is 0. The van der Waals surface area contributed by atoms with Crippen LogP contribution in [0.25, 0.3) is 0 Å². The molecule has 100 valence electrons. The quantitative estimate of drug-likeness (QED) is 0.717. The Morgan fingerprint density at radius 3 is 2.58 bits per heavy atom. The van der Waals surface area contributed by atoms with Gasteiger partial charge in [0.2, 0.25) is 0 Å². The Morgan fingerprint density at radius 2 is 1.79 bits per heavy atom. The average molecular weight is 259 g/mol. The van der Waals surface area contributed by atoms with Crippen LogP contribution in [0, 0.1) is 0 Å². The van der Waals surface area contributed by atoms with Gasteiger partial charge in [-0.15, -0.1) is 0 Å². The van der Waals surface area contributed by atoms with E-state index < -0.39 is 0 Å². The molecule has 0 aliphatic heterocycles. The molecule has 0 spiro atoms. The molecule has 0 amide bonds. The number of benzene rings is 1. The van der Waals surface area contributed by atoms with Gasteiger partial charge in [-0.2, -0.15) is 0 Å². The van der Waals surface area contributed by atoms with Gasteiger partial charge in [0.05, 0.1) is 6.61 Å². The van der Waals surface area contributed by atoms with Crippen LogP contribution in [0.4, 0.5) is 0 Å². The van der Waals surface area contributed by atoms with Gasteiger partial charge in [0, 0.05) is 13.3 Å². The van der Waals surface area contributed by atoms with Crippen LogP contribution in [0.3, 0.4) is 0 Å². The number of methoxy groups -OCH3 is 1. The van der Waals surface area contributed by atoms with Crippen molar-refractivity contribution < 1.29 is 14.2 Å². The fourth-order valence-corrected chi connectivity index (χ4v) is 1.55. The van der Waals surface area contributed by atoms with Crippen LogP contribution < -0.4 is 9.47 Å². The van der Waals surface area contributed by atoms with Crippen LogP contribution in [0.2, 0.25) is 0 Å². The lowest BCUT2D eigenvalue weighted by molar-refractivity contribution is 0.140. The Balaban J connectivity index is 1.95. The molecule has 19 heavy (non-hydrogen) atoms. The molecule has 0 aliphatic rings. The number of hydrogen-bond donors (Lipinski definition) is 0. The Hall–Kier alpha value is -2.07. The molecule has 1 aromatic carbocycles. The van der Waals surface area contributed by atoms with Crippen molar-refractivity contribution in [3.05, 3.63) is 54.2 Å². The Bertz CT molecular complexity index is 488. The second kappa shape index (κ2) is 7.38. The number of hydrogen-bond acceptors (Lipinski definition) is 4. The van der Waals surface area contributed by atoms with Gasteiger partial charge in [-0.25, -0.2) is 4.98 Å². The number of aromatic nitrogens is 1. The van der Waals surface area contributed by atoms with Crippen LogP contribution in [0.5, 0.6) is 11.6 Å². The minimum absolute atomic E-state index is 0.454. The van der Waals surface area contributed by atoms with Crippen LogP contribution in [-0.4, -0.2) is 25.3 Å². The monoisotopic (exact) mass is 259 g/mol. The zero-order chi connectivity index (χ0) is 13.3. The summed E-state index contributed by atoms with van der Waals surface area (Å²) < 4.78 is 16.2. The van der Waals surface area contributed by atoms with Crippen LogP contribution in [0.15, 0.2) is 48.7 Å². The fourth-order valence-electron chi connectivity index (χ4n) is 1.55. The van der Waals surface area contributed by atoms with Crippen molar-refractivity contribution in [3.8, 4) is 11.6 Å². The summed E-state index contributed by atoms with van der Waals surface area (Å²) in [6.45, 7) is 1.47. The van der Waals surface area contributed by atoms with Gasteiger partial charge in [0.15, 0.2) is 5.75 Å². The zero-order valence-electron chi connectivity index (χ0n) is 10.9. The first-order chi connectivity index (χ1) is 9.40. The van der Waals surface area contributed by atoms with Crippen molar-refractivity contribution in [2.75, 3.05) is 20.3 Å². The summed E-state index contributed by atoms with van der Waals surface area (Å²) >= 11 is 0. The lowest BCUT2D eigenvalue weighted by Crippen LogP contribution is -2.07. The van der Waals surface area contributed by atoms with Gasteiger partial charge < -0.3 is 14.2 Å². The van der Waals surface area contributed by atoms with Gasteiger partial charge in [0.1, 0.15) is 13.2 Å². The molecule has 0 atom stereocenters. The molecule has 0 unspecified atom stereocenters. The standard InChI is InChI=1S/C15H17NO3/c1-17-10-11-18-15-14(8-5-9-16-15)19-12-13-6-3-2-4-7-13/h2-9H,10-12H2,1H3. The van der Waals surface area contributed by atoms with Crippen molar-refractivity contribution >= 4 is 0 Å². The Morgan fingerprint density at radius 1 is 0.947 bits per heavy atom. The lowest BCUT2D eigenvalue weighted by atomic mass is 10.2. The summed E-state index contributed by atoms with van der Waals surface area (Å²) in [4.78, 5) is 4.16. The van der Waals surface area contributed by atoms with E-state index in [4.69, 9.17) is 14.2 Å². The van der Waals surface area contributed by atoms with Gasteiger partial charge in [-0.05, 0) is 17.7 Å². The SMILES string of the molecule is COCCOc1ncccc1OCc1ccccc1. The molecule has 0 fully saturated rings. The van der Waals surface area contributed by atoms with Gasteiger partial charge >= 0.3 is 0 Å². The van der Waals surface area contributed by atoms with Crippen LogP contribution in [0.1, 0.15) is 5.56 Å². The molecule has 1 heterocycles. The molecule has 2 rings (SSSR count). The maximum absolute atomic E-state index is 5.73. The second-order valence-corrected chi connectivity index (χ2v) is 3.92. The van der Waals surface area contributed by atoms with Crippen molar-refractivity contribution in [1.29, 1.82) is 0 Å². The molecular formula is C15H17NO3. The predicted molar refractivity (Wildman–Crippen MR) is 72.4 cm³/mol. The third kappa shape index (κ3) is 4.26. The van der Waals surface area contributed by atoms with E-state index in [-0.39, 0.29) is 0 Å². The maximum atomic E-state index is 5.73. The summed E-state index contributed by atoms with van der Waals surface area (Å²) in [5.41, 5.74) is 1.11. The van der Waals surface area contributed by atoms with E-state index in [1.54, 1.807) is 13.3 Å². The molecule has 0 saturated carbocycles. The number of rotatable bonds is 7. The predicted octanol–water partition coefficient (Wildman–Crippen LogP) is 2.69. The highest BCUT2D eigenvalue weighted by atomic mass is 16.5.